The summed E-state index contributed by atoms with van der Waals surface area (Å²) in [7, 11) is -3.63. The Kier molecular flexibility index (Phi) is 8.38. The van der Waals surface area contributed by atoms with Gasteiger partial charge < -0.3 is 35.6 Å². The lowest BCUT2D eigenvalue weighted by atomic mass is 9.95. The van der Waals surface area contributed by atoms with Crippen molar-refractivity contribution in [1.29, 1.82) is 0 Å². The van der Waals surface area contributed by atoms with Gasteiger partial charge >= 0.3 is 11.9 Å². The molecule has 0 aliphatic carbocycles. The van der Waals surface area contributed by atoms with Crippen LogP contribution in [0.3, 0.4) is 0 Å². The lowest BCUT2D eigenvalue weighted by Gasteiger charge is -2.26. The van der Waals surface area contributed by atoms with Crippen molar-refractivity contribution in [2.45, 2.75) is 25.0 Å². The number of hydrogen-bond acceptors (Lipinski definition) is 11. The number of rotatable bonds is 7. The van der Waals surface area contributed by atoms with Gasteiger partial charge in [0.05, 0.1) is 34.2 Å². The van der Waals surface area contributed by atoms with Crippen LogP contribution in [0.4, 0.5) is 0 Å². The van der Waals surface area contributed by atoms with E-state index in [-0.39, 0.29) is 29.9 Å². The van der Waals surface area contributed by atoms with Crippen molar-refractivity contribution in [3.05, 3.63) is 82.4 Å². The summed E-state index contributed by atoms with van der Waals surface area (Å²) in [6.07, 6.45) is -0.978. The van der Waals surface area contributed by atoms with Crippen LogP contribution < -0.4 is 5.32 Å². The SMILES string of the molecule is O=C(N[C@@H]1CS(=O)(=O)CCC[C@H]1OC(=O)c1cc(O)c(C(=O)c2c(O)cccc2C(=O)O)c(O)c1)c1ccc(O)cc1. The minimum Gasteiger partial charge on any atom is -0.508 e. The molecule has 1 saturated heterocycles. The number of amides is 1. The molecule has 1 aliphatic heterocycles. The highest BCUT2D eigenvalue weighted by molar-refractivity contribution is 7.91. The maximum Gasteiger partial charge on any atom is 0.338 e. The molecule has 0 aromatic heterocycles. The maximum absolute atomic E-state index is 13.0. The second-order valence-corrected chi connectivity index (χ2v) is 11.8. The van der Waals surface area contributed by atoms with Gasteiger partial charge in [0.15, 0.2) is 9.84 Å². The molecule has 42 heavy (non-hydrogen) atoms. The number of phenolic OH excluding ortho intramolecular Hbond substituents is 4. The number of ketones is 1. The monoisotopic (exact) mass is 599 g/mol. The van der Waals surface area contributed by atoms with E-state index in [1.54, 1.807) is 0 Å². The van der Waals surface area contributed by atoms with Crippen molar-refractivity contribution in [1.82, 2.24) is 5.32 Å². The van der Waals surface area contributed by atoms with Crippen molar-refractivity contribution in [2.75, 3.05) is 11.5 Å². The Morgan fingerprint density at radius 3 is 2.10 bits per heavy atom. The van der Waals surface area contributed by atoms with Gasteiger partial charge in [-0.15, -0.1) is 0 Å². The third-order valence-electron chi connectivity index (χ3n) is 6.59. The lowest BCUT2D eigenvalue weighted by molar-refractivity contribution is 0.0198. The van der Waals surface area contributed by atoms with Gasteiger partial charge in [0.25, 0.3) is 5.91 Å². The molecule has 2 atom stereocenters. The minimum atomic E-state index is -3.63. The molecule has 13 nitrogen and oxygen atoms in total. The zero-order valence-corrected chi connectivity index (χ0v) is 22.5. The topological polar surface area (TPSA) is 225 Å². The average molecular weight is 600 g/mol. The van der Waals surface area contributed by atoms with E-state index in [4.69, 9.17) is 4.74 Å². The van der Waals surface area contributed by atoms with Gasteiger partial charge in [0.1, 0.15) is 34.7 Å². The standard InChI is InChI=1S/C28H25NO12S/c30-16-8-6-14(7-9-16)26(35)29-18-13-42(39,40)10-2-5-22(18)41-28(38)15-11-20(32)24(21(33)12-15)25(34)23-17(27(36)37)3-1-4-19(23)31/h1,3-4,6-9,11-12,18,22,30-33H,2,5,10,13H2,(H,29,35)(H,36,37)/t18-,22-/m1/s1. The van der Waals surface area contributed by atoms with E-state index in [0.717, 1.165) is 24.3 Å². The van der Waals surface area contributed by atoms with Crippen LogP contribution in [0.1, 0.15) is 59.8 Å². The molecule has 1 fully saturated rings. The summed E-state index contributed by atoms with van der Waals surface area (Å²) < 4.78 is 30.4. The average Bonchev–Trinajstić information content (AvgIpc) is 3.05. The van der Waals surface area contributed by atoms with Crippen molar-refractivity contribution in [2.24, 2.45) is 0 Å². The van der Waals surface area contributed by atoms with E-state index < -0.39 is 90.9 Å². The number of esters is 1. The second-order valence-electron chi connectivity index (χ2n) is 9.55. The molecule has 4 rings (SSSR count). The van der Waals surface area contributed by atoms with Crippen LogP contribution >= 0.6 is 0 Å². The van der Waals surface area contributed by atoms with E-state index >= 15 is 0 Å². The van der Waals surface area contributed by atoms with Crippen LogP contribution in [0.25, 0.3) is 0 Å². The molecule has 0 spiro atoms. The Morgan fingerprint density at radius 1 is 0.833 bits per heavy atom. The highest BCUT2D eigenvalue weighted by Gasteiger charge is 2.35. The molecule has 1 amide bonds. The number of carbonyl (C=O) groups excluding carboxylic acids is 3. The number of carbonyl (C=O) groups is 4. The molecule has 3 aromatic rings. The number of phenols is 4. The molecule has 0 bridgehead atoms. The number of carboxylic acids is 1. The first-order valence-electron chi connectivity index (χ1n) is 12.4. The fourth-order valence-corrected chi connectivity index (χ4v) is 6.18. The minimum absolute atomic E-state index is 0.0469. The molecule has 14 heteroatoms. The molecule has 0 unspecified atom stereocenters. The number of sulfone groups is 1. The van der Waals surface area contributed by atoms with Crippen molar-refractivity contribution < 1.29 is 57.9 Å². The first kappa shape index (κ1) is 29.9. The number of nitrogens with one attached hydrogen (secondary N) is 1. The molecule has 220 valence electrons. The van der Waals surface area contributed by atoms with Crippen molar-refractivity contribution >= 4 is 33.5 Å². The van der Waals surface area contributed by atoms with Crippen LogP contribution in [-0.2, 0) is 14.6 Å². The Hall–Kier alpha value is -5.11. The van der Waals surface area contributed by atoms with Gasteiger partial charge in [-0.3, -0.25) is 9.59 Å². The summed E-state index contributed by atoms with van der Waals surface area (Å²) in [5, 5.41) is 52.6. The number of carboxylic acid groups (broad SMARTS) is 1. The molecular formula is C28H25NO12S. The summed E-state index contributed by atoms with van der Waals surface area (Å²) in [5.74, 6) is -7.98. The lowest BCUT2D eigenvalue weighted by Crippen LogP contribution is -2.48. The quantitative estimate of drug-likeness (QED) is 0.169. The Labute approximate surface area is 238 Å². The number of aromatic carboxylic acids is 1. The summed E-state index contributed by atoms with van der Waals surface area (Å²) in [6.45, 7) is 0. The number of aromatic hydroxyl groups is 4. The molecule has 3 aromatic carbocycles. The maximum atomic E-state index is 13.0. The van der Waals surface area contributed by atoms with Crippen molar-refractivity contribution in [3.8, 4) is 23.0 Å². The molecule has 1 aliphatic rings. The van der Waals surface area contributed by atoms with Crippen LogP contribution in [0.15, 0.2) is 54.6 Å². The Bertz CT molecular complexity index is 1660. The molecule has 0 saturated carbocycles. The van der Waals surface area contributed by atoms with Gasteiger partial charge in [-0.1, -0.05) is 6.07 Å². The molecule has 0 radical (unpaired) electrons. The van der Waals surface area contributed by atoms with E-state index in [1.807, 2.05) is 0 Å². The zero-order chi connectivity index (χ0) is 30.8. The van der Waals surface area contributed by atoms with Gasteiger partial charge in [0, 0.05) is 5.56 Å². The first-order chi connectivity index (χ1) is 19.8. The van der Waals surface area contributed by atoms with Crippen LogP contribution in [-0.4, -0.2) is 81.2 Å². The van der Waals surface area contributed by atoms with E-state index in [1.165, 1.54) is 30.3 Å². The van der Waals surface area contributed by atoms with E-state index in [9.17, 15) is 53.1 Å². The highest BCUT2D eigenvalue weighted by Crippen LogP contribution is 2.35. The normalized spacial score (nSPS) is 17.9. The Morgan fingerprint density at radius 2 is 1.48 bits per heavy atom. The number of hydrogen-bond donors (Lipinski definition) is 6. The van der Waals surface area contributed by atoms with Gasteiger partial charge in [-0.05, 0) is 61.4 Å². The predicted octanol–water partition coefficient (Wildman–Crippen LogP) is 1.97. The van der Waals surface area contributed by atoms with E-state index in [0.29, 0.717) is 0 Å². The second kappa shape index (κ2) is 11.8. The number of benzene rings is 3. The fourth-order valence-electron chi connectivity index (χ4n) is 4.56. The third kappa shape index (κ3) is 6.44. The van der Waals surface area contributed by atoms with Gasteiger partial charge in [-0.25, -0.2) is 18.0 Å². The van der Waals surface area contributed by atoms with Crippen LogP contribution in [0, 0.1) is 0 Å². The van der Waals surface area contributed by atoms with Crippen LogP contribution in [0.5, 0.6) is 23.0 Å². The predicted molar refractivity (Wildman–Crippen MR) is 145 cm³/mol. The third-order valence-corrected chi connectivity index (χ3v) is 8.37. The largest absolute Gasteiger partial charge is 0.508 e. The van der Waals surface area contributed by atoms with Crippen LogP contribution in [0.2, 0.25) is 0 Å². The summed E-state index contributed by atoms with van der Waals surface area (Å²) in [4.78, 5) is 50.4. The fraction of sp³-hybridized carbons (Fsp3) is 0.214. The zero-order valence-electron chi connectivity index (χ0n) is 21.7. The molecular weight excluding hydrogens is 574 g/mol. The first-order valence-corrected chi connectivity index (χ1v) is 14.3. The van der Waals surface area contributed by atoms with Crippen molar-refractivity contribution in [3.63, 3.8) is 0 Å². The summed E-state index contributed by atoms with van der Waals surface area (Å²) in [5.41, 5.74) is -2.39. The highest BCUT2D eigenvalue weighted by atomic mass is 32.2. The smallest absolute Gasteiger partial charge is 0.338 e. The van der Waals surface area contributed by atoms with Gasteiger partial charge in [-0.2, -0.15) is 0 Å². The summed E-state index contributed by atoms with van der Waals surface area (Å²) >= 11 is 0. The summed E-state index contributed by atoms with van der Waals surface area (Å²) in [6, 6.07) is 8.85. The van der Waals surface area contributed by atoms with E-state index in [2.05, 4.69) is 5.32 Å². The molecule has 1 heterocycles. The molecule has 6 N–H and O–H groups in total. The number of ether oxygens (including phenoxy) is 1. The Balaban J connectivity index is 1.60. The van der Waals surface area contributed by atoms with Gasteiger partial charge in [0.2, 0.25) is 5.78 Å².